The van der Waals surface area contributed by atoms with Gasteiger partial charge in [-0.2, -0.15) is 4.31 Å². The smallest absolute Gasteiger partial charge is 0.243 e. The van der Waals surface area contributed by atoms with Gasteiger partial charge in [0.2, 0.25) is 15.9 Å². The first-order valence-corrected chi connectivity index (χ1v) is 8.81. The van der Waals surface area contributed by atoms with Crippen LogP contribution in [-0.2, 0) is 14.8 Å². The van der Waals surface area contributed by atoms with Crippen LogP contribution in [0.25, 0.3) is 0 Å². The van der Waals surface area contributed by atoms with E-state index in [2.05, 4.69) is 10.6 Å². The first kappa shape index (κ1) is 19.9. The van der Waals surface area contributed by atoms with Gasteiger partial charge in [0, 0.05) is 25.7 Å². The molecule has 1 atom stereocenters. The van der Waals surface area contributed by atoms with Gasteiger partial charge in [-0.3, -0.25) is 4.79 Å². The number of hydrogen-bond donors (Lipinski definition) is 2. The molecule has 1 saturated heterocycles. The minimum Gasteiger partial charge on any atom is -0.326 e. The largest absolute Gasteiger partial charge is 0.326 e. The average Bonchev–Trinajstić information content (AvgIpc) is 2.90. The molecule has 1 aliphatic rings. The Balaban J connectivity index is 0.00000264. The van der Waals surface area contributed by atoms with Crippen LogP contribution in [0.3, 0.4) is 0 Å². The molecule has 1 aromatic rings. The number of halogens is 1. The van der Waals surface area contributed by atoms with Gasteiger partial charge >= 0.3 is 0 Å². The summed E-state index contributed by atoms with van der Waals surface area (Å²) < 4.78 is 27.0. The molecule has 2 N–H and O–H groups in total. The third-order valence-electron chi connectivity index (χ3n) is 3.90. The fourth-order valence-corrected chi connectivity index (χ4v) is 4.26. The van der Waals surface area contributed by atoms with Crippen molar-refractivity contribution in [1.82, 2.24) is 9.62 Å². The molecule has 1 fully saturated rings. The van der Waals surface area contributed by atoms with E-state index < -0.39 is 10.0 Å². The summed E-state index contributed by atoms with van der Waals surface area (Å²) in [6.45, 7) is 5.13. The van der Waals surface area contributed by atoms with Crippen LogP contribution in [0.1, 0.15) is 18.9 Å². The number of carbonyl (C=O) groups excluding carboxylic acids is 1. The van der Waals surface area contributed by atoms with E-state index in [1.807, 2.05) is 14.0 Å². The summed E-state index contributed by atoms with van der Waals surface area (Å²) in [7, 11) is -1.64. The Morgan fingerprint density at radius 3 is 2.70 bits per heavy atom. The lowest BCUT2D eigenvalue weighted by Gasteiger charge is -2.18. The predicted octanol–water partition coefficient (Wildman–Crippen LogP) is 1.61. The standard InChI is InChI=1S/C15H23N3O3S.ClH/c1-11-4-5-14(8-15(11)17-12(2)19)22(20,21)18-7-6-13(10-18)9-16-3;/h4-5,8,13,16H,6-7,9-10H2,1-3H3,(H,17,19);1H. The summed E-state index contributed by atoms with van der Waals surface area (Å²) in [5.74, 6) is 0.132. The molecule has 0 aromatic heterocycles. The Labute approximate surface area is 144 Å². The Morgan fingerprint density at radius 1 is 1.39 bits per heavy atom. The molecule has 1 aliphatic heterocycles. The Hall–Kier alpha value is -1.15. The highest BCUT2D eigenvalue weighted by atomic mass is 35.5. The van der Waals surface area contributed by atoms with Crippen molar-refractivity contribution in [2.75, 3.05) is 32.0 Å². The average molecular weight is 362 g/mol. The van der Waals surface area contributed by atoms with E-state index in [-0.39, 0.29) is 23.2 Å². The second-order valence-corrected chi connectivity index (χ2v) is 7.67. The molecular formula is C15H24ClN3O3S. The predicted molar refractivity (Wildman–Crippen MR) is 93.5 cm³/mol. The molecular weight excluding hydrogens is 338 g/mol. The third-order valence-corrected chi connectivity index (χ3v) is 5.76. The number of amides is 1. The summed E-state index contributed by atoms with van der Waals surface area (Å²) in [5.41, 5.74) is 1.38. The van der Waals surface area contributed by atoms with Crippen LogP contribution in [0.2, 0.25) is 0 Å². The molecule has 0 spiro atoms. The normalized spacial score (nSPS) is 18.5. The molecule has 0 radical (unpaired) electrons. The number of rotatable bonds is 5. The zero-order chi connectivity index (χ0) is 16.3. The van der Waals surface area contributed by atoms with Crippen molar-refractivity contribution in [1.29, 1.82) is 0 Å². The molecule has 6 nitrogen and oxygen atoms in total. The van der Waals surface area contributed by atoms with Crippen LogP contribution >= 0.6 is 12.4 Å². The highest BCUT2D eigenvalue weighted by Crippen LogP contribution is 2.27. The molecule has 23 heavy (non-hydrogen) atoms. The quantitative estimate of drug-likeness (QED) is 0.835. The molecule has 0 aliphatic carbocycles. The molecule has 1 unspecified atom stereocenters. The van der Waals surface area contributed by atoms with Gasteiger partial charge in [-0.1, -0.05) is 6.07 Å². The number of anilines is 1. The van der Waals surface area contributed by atoms with Crippen molar-refractivity contribution in [3.05, 3.63) is 23.8 Å². The highest BCUT2D eigenvalue weighted by Gasteiger charge is 2.32. The van der Waals surface area contributed by atoms with Gasteiger partial charge in [0.15, 0.2) is 0 Å². The van der Waals surface area contributed by atoms with Gasteiger partial charge < -0.3 is 10.6 Å². The maximum atomic E-state index is 12.7. The van der Waals surface area contributed by atoms with Crippen LogP contribution in [-0.4, -0.2) is 45.3 Å². The minimum atomic E-state index is -3.51. The van der Waals surface area contributed by atoms with Gasteiger partial charge in [0.25, 0.3) is 0 Å². The molecule has 0 bridgehead atoms. The molecule has 1 amide bonds. The van der Waals surface area contributed by atoms with E-state index in [0.717, 1.165) is 18.5 Å². The van der Waals surface area contributed by atoms with Crippen LogP contribution in [0, 0.1) is 12.8 Å². The Kier molecular flexibility index (Phi) is 7.01. The lowest BCUT2D eigenvalue weighted by molar-refractivity contribution is -0.114. The van der Waals surface area contributed by atoms with Crippen molar-refractivity contribution in [3.63, 3.8) is 0 Å². The number of nitrogens with one attached hydrogen (secondary N) is 2. The second kappa shape index (κ2) is 8.10. The van der Waals surface area contributed by atoms with E-state index in [0.29, 0.717) is 24.7 Å². The van der Waals surface area contributed by atoms with Gasteiger partial charge in [-0.05, 0) is 50.6 Å². The molecule has 1 heterocycles. The van der Waals surface area contributed by atoms with Crippen molar-refractivity contribution in [2.45, 2.75) is 25.2 Å². The molecule has 130 valence electrons. The summed E-state index contributed by atoms with van der Waals surface area (Å²) in [5, 5.41) is 5.76. The molecule has 8 heteroatoms. The van der Waals surface area contributed by atoms with Crippen LogP contribution in [0.4, 0.5) is 5.69 Å². The van der Waals surface area contributed by atoms with Gasteiger partial charge in [0.05, 0.1) is 4.90 Å². The first-order chi connectivity index (χ1) is 10.3. The number of carbonyl (C=O) groups is 1. The van der Waals surface area contributed by atoms with Crippen LogP contribution in [0.5, 0.6) is 0 Å². The third kappa shape index (κ3) is 4.67. The van der Waals surface area contributed by atoms with E-state index in [4.69, 9.17) is 0 Å². The van der Waals surface area contributed by atoms with E-state index >= 15 is 0 Å². The maximum Gasteiger partial charge on any atom is 0.243 e. The molecule has 0 saturated carbocycles. The van der Waals surface area contributed by atoms with Gasteiger partial charge in [-0.15, -0.1) is 12.4 Å². The van der Waals surface area contributed by atoms with Crippen molar-refractivity contribution >= 4 is 34.0 Å². The summed E-state index contributed by atoms with van der Waals surface area (Å²) in [4.78, 5) is 11.4. The monoisotopic (exact) mass is 361 g/mol. The van der Waals surface area contributed by atoms with Crippen molar-refractivity contribution in [2.24, 2.45) is 5.92 Å². The highest BCUT2D eigenvalue weighted by molar-refractivity contribution is 7.89. The van der Waals surface area contributed by atoms with Crippen molar-refractivity contribution in [3.8, 4) is 0 Å². The lowest BCUT2D eigenvalue weighted by atomic mass is 10.1. The number of nitrogens with zero attached hydrogens (tertiary/aromatic N) is 1. The van der Waals surface area contributed by atoms with Crippen LogP contribution in [0.15, 0.2) is 23.1 Å². The summed E-state index contributed by atoms with van der Waals surface area (Å²) in [6.07, 6.45) is 0.866. The fourth-order valence-electron chi connectivity index (χ4n) is 2.71. The second-order valence-electron chi connectivity index (χ2n) is 5.73. The number of benzene rings is 1. The Bertz CT molecular complexity index is 664. The zero-order valence-corrected chi connectivity index (χ0v) is 15.3. The topological polar surface area (TPSA) is 78.5 Å². The first-order valence-electron chi connectivity index (χ1n) is 7.37. The van der Waals surface area contributed by atoms with Gasteiger partial charge in [0.1, 0.15) is 0 Å². The minimum absolute atomic E-state index is 0. The number of sulfonamides is 1. The SMILES string of the molecule is CNCC1CCN(S(=O)(=O)c2ccc(C)c(NC(C)=O)c2)C1.Cl. The maximum absolute atomic E-state index is 12.7. The molecule has 2 rings (SSSR count). The Morgan fingerprint density at radius 2 is 2.09 bits per heavy atom. The number of aryl methyl sites for hydroxylation is 1. The van der Waals surface area contributed by atoms with Crippen molar-refractivity contribution < 1.29 is 13.2 Å². The van der Waals surface area contributed by atoms with Gasteiger partial charge in [-0.25, -0.2) is 8.42 Å². The number of hydrogen-bond acceptors (Lipinski definition) is 4. The fraction of sp³-hybridized carbons (Fsp3) is 0.533. The van der Waals surface area contributed by atoms with E-state index in [1.54, 1.807) is 12.1 Å². The van der Waals surface area contributed by atoms with E-state index in [1.165, 1.54) is 17.3 Å². The summed E-state index contributed by atoms with van der Waals surface area (Å²) >= 11 is 0. The lowest BCUT2D eigenvalue weighted by Crippen LogP contribution is -2.30. The van der Waals surface area contributed by atoms with E-state index in [9.17, 15) is 13.2 Å². The zero-order valence-electron chi connectivity index (χ0n) is 13.6. The summed E-state index contributed by atoms with van der Waals surface area (Å²) in [6, 6.07) is 4.86. The molecule has 1 aromatic carbocycles. The van der Waals surface area contributed by atoms with Crippen LogP contribution < -0.4 is 10.6 Å².